The fourth-order valence-electron chi connectivity index (χ4n) is 2.19. The van der Waals surface area contributed by atoms with Crippen LogP contribution >= 0.6 is 11.6 Å². The molecule has 128 valence electrons. The predicted octanol–water partition coefficient (Wildman–Crippen LogP) is 3.46. The van der Waals surface area contributed by atoms with E-state index in [4.69, 9.17) is 21.1 Å². The van der Waals surface area contributed by atoms with Gasteiger partial charge in [0.15, 0.2) is 0 Å². The monoisotopic (exact) mass is 357 g/mol. The number of carbonyl (C=O) groups is 1. The van der Waals surface area contributed by atoms with Gasteiger partial charge in [0, 0.05) is 17.4 Å². The molecule has 3 rings (SSSR count). The summed E-state index contributed by atoms with van der Waals surface area (Å²) in [5.74, 6) is 0.192. The van der Waals surface area contributed by atoms with E-state index >= 15 is 0 Å². The Bertz CT molecular complexity index is 848. The van der Waals surface area contributed by atoms with Gasteiger partial charge < -0.3 is 9.47 Å². The molecule has 0 fully saturated rings. The third-order valence-corrected chi connectivity index (χ3v) is 3.68. The average molecular weight is 358 g/mol. The second-order valence-electron chi connectivity index (χ2n) is 5.22. The molecule has 25 heavy (non-hydrogen) atoms. The number of pyridine rings is 1. The molecular formula is C18H16ClN3O3. The van der Waals surface area contributed by atoms with Crippen molar-refractivity contribution in [3.63, 3.8) is 0 Å². The average Bonchev–Trinajstić information content (AvgIpc) is 3.02. The van der Waals surface area contributed by atoms with Crippen molar-refractivity contribution in [1.29, 1.82) is 0 Å². The van der Waals surface area contributed by atoms with Gasteiger partial charge in [-0.3, -0.25) is 4.98 Å². The van der Waals surface area contributed by atoms with E-state index < -0.39 is 5.97 Å². The maximum atomic E-state index is 12.2. The van der Waals surface area contributed by atoms with Gasteiger partial charge in [0.1, 0.15) is 24.5 Å². The molecule has 0 radical (unpaired) electrons. The van der Waals surface area contributed by atoms with Crippen molar-refractivity contribution in [2.24, 2.45) is 0 Å². The normalized spacial score (nSPS) is 10.5. The third kappa shape index (κ3) is 4.36. The fraction of sp³-hybridized carbons (Fsp3) is 0.167. The van der Waals surface area contributed by atoms with Gasteiger partial charge >= 0.3 is 5.97 Å². The Hall–Kier alpha value is -2.86. The van der Waals surface area contributed by atoms with Gasteiger partial charge in [-0.05, 0) is 43.3 Å². The van der Waals surface area contributed by atoms with Crippen LogP contribution in [0.4, 0.5) is 0 Å². The number of rotatable bonds is 6. The Kier molecular flexibility index (Phi) is 5.30. The summed E-state index contributed by atoms with van der Waals surface area (Å²) in [6.45, 7) is 2.15. The van der Waals surface area contributed by atoms with Gasteiger partial charge in [0.2, 0.25) is 0 Å². The summed E-state index contributed by atoms with van der Waals surface area (Å²) in [5, 5.41) is 4.98. The van der Waals surface area contributed by atoms with E-state index in [9.17, 15) is 4.79 Å². The molecule has 0 atom stereocenters. The Balaban J connectivity index is 1.58. The van der Waals surface area contributed by atoms with Crippen LogP contribution in [0.3, 0.4) is 0 Å². The highest BCUT2D eigenvalue weighted by atomic mass is 35.5. The molecule has 0 saturated heterocycles. The molecule has 0 spiro atoms. The number of carbonyl (C=O) groups excluding carboxylic acids is 1. The highest BCUT2D eigenvalue weighted by Crippen LogP contribution is 2.16. The zero-order valence-electron chi connectivity index (χ0n) is 13.6. The van der Waals surface area contributed by atoms with Crippen LogP contribution in [0.1, 0.15) is 16.1 Å². The van der Waals surface area contributed by atoms with Crippen LogP contribution < -0.4 is 4.74 Å². The van der Waals surface area contributed by atoms with Crippen LogP contribution in [0, 0.1) is 6.92 Å². The highest BCUT2D eigenvalue weighted by molar-refractivity contribution is 6.30. The minimum absolute atomic E-state index is 0.138. The van der Waals surface area contributed by atoms with Crippen LogP contribution in [-0.2, 0) is 4.74 Å². The van der Waals surface area contributed by atoms with E-state index in [0.717, 1.165) is 5.69 Å². The molecule has 0 bridgehead atoms. The number of aryl methyl sites for hydroxylation is 1. The van der Waals surface area contributed by atoms with Crippen LogP contribution in [0.15, 0.2) is 55.0 Å². The minimum atomic E-state index is -0.437. The summed E-state index contributed by atoms with van der Waals surface area (Å²) in [5.41, 5.74) is 1.82. The highest BCUT2D eigenvalue weighted by Gasteiger charge is 2.15. The van der Waals surface area contributed by atoms with Crippen LogP contribution in [0.5, 0.6) is 5.75 Å². The minimum Gasteiger partial charge on any atom is -0.488 e. The van der Waals surface area contributed by atoms with Crippen LogP contribution in [-0.4, -0.2) is 33.9 Å². The largest absolute Gasteiger partial charge is 0.488 e. The van der Waals surface area contributed by atoms with Crippen molar-refractivity contribution in [3.05, 3.63) is 71.3 Å². The number of nitrogens with zero attached hydrogens (tertiary/aromatic N) is 3. The van der Waals surface area contributed by atoms with Crippen molar-refractivity contribution in [2.75, 3.05) is 13.2 Å². The summed E-state index contributed by atoms with van der Waals surface area (Å²) in [7, 11) is 0. The van der Waals surface area contributed by atoms with E-state index in [2.05, 4.69) is 10.1 Å². The zero-order chi connectivity index (χ0) is 17.6. The second-order valence-corrected chi connectivity index (χ2v) is 5.66. The number of hydrogen-bond donors (Lipinski definition) is 0. The summed E-state index contributed by atoms with van der Waals surface area (Å²) in [6.07, 6.45) is 4.90. The van der Waals surface area contributed by atoms with Crippen LogP contribution in [0.2, 0.25) is 5.02 Å². The number of esters is 1. The topological polar surface area (TPSA) is 66.2 Å². The molecule has 6 nitrogen and oxygen atoms in total. The number of ether oxygens (including phenoxy) is 2. The van der Waals surface area contributed by atoms with Gasteiger partial charge in [0.25, 0.3) is 0 Å². The first-order valence-corrected chi connectivity index (χ1v) is 8.03. The molecule has 0 aliphatic carbocycles. The summed E-state index contributed by atoms with van der Waals surface area (Å²) in [6, 6.07) is 10.7. The number of benzene rings is 1. The second kappa shape index (κ2) is 7.81. The predicted molar refractivity (Wildman–Crippen MR) is 93.3 cm³/mol. The van der Waals surface area contributed by atoms with Gasteiger partial charge in [-0.1, -0.05) is 11.6 Å². The van der Waals surface area contributed by atoms with Crippen LogP contribution in [0.25, 0.3) is 5.69 Å². The molecule has 3 aromatic rings. The summed E-state index contributed by atoms with van der Waals surface area (Å²) >= 11 is 5.88. The van der Waals surface area contributed by atoms with Crippen molar-refractivity contribution in [2.45, 2.75) is 6.92 Å². The van der Waals surface area contributed by atoms with Crippen molar-refractivity contribution in [3.8, 4) is 11.4 Å². The Morgan fingerprint density at radius 1 is 1.20 bits per heavy atom. The standard InChI is InChI=1S/C18H16ClN3O3/c1-13-17(12-22(21-13)15-6-4-14(19)5-7-15)18(23)25-10-9-24-16-3-2-8-20-11-16/h2-8,11-12H,9-10H2,1H3. The van der Waals surface area contributed by atoms with E-state index in [0.29, 0.717) is 22.0 Å². The zero-order valence-corrected chi connectivity index (χ0v) is 14.3. The van der Waals surface area contributed by atoms with Gasteiger partial charge in [0.05, 0.1) is 17.6 Å². The molecule has 2 aromatic heterocycles. The number of halogens is 1. The van der Waals surface area contributed by atoms with Gasteiger partial charge in [-0.15, -0.1) is 0 Å². The lowest BCUT2D eigenvalue weighted by atomic mass is 10.3. The molecule has 0 amide bonds. The molecule has 0 saturated carbocycles. The first-order chi connectivity index (χ1) is 12.1. The Morgan fingerprint density at radius 2 is 2.00 bits per heavy atom. The van der Waals surface area contributed by atoms with Crippen molar-refractivity contribution >= 4 is 17.6 Å². The molecule has 2 heterocycles. The molecule has 7 heteroatoms. The first-order valence-electron chi connectivity index (χ1n) is 7.65. The Morgan fingerprint density at radius 3 is 2.72 bits per heavy atom. The summed E-state index contributed by atoms with van der Waals surface area (Å²) < 4.78 is 12.3. The maximum absolute atomic E-state index is 12.2. The molecule has 0 aliphatic heterocycles. The molecule has 0 aliphatic rings. The SMILES string of the molecule is Cc1nn(-c2ccc(Cl)cc2)cc1C(=O)OCCOc1cccnc1. The van der Waals surface area contributed by atoms with Crippen molar-refractivity contribution < 1.29 is 14.3 Å². The van der Waals surface area contributed by atoms with E-state index in [-0.39, 0.29) is 13.2 Å². The Labute approximate surface area is 150 Å². The lowest BCUT2D eigenvalue weighted by Crippen LogP contribution is -2.12. The lowest BCUT2D eigenvalue weighted by Gasteiger charge is -2.06. The fourth-order valence-corrected chi connectivity index (χ4v) is 2.32. The number of aromatic nitrogens is 3. The summed E-state index contributed by atoms with van der Waals surface area (Å²) in [4.78, 5) is 16.2. The molecule has 0 unspecified atom stereocenters. The lowest BCUT2D eigenvalue weighted by molar-refractivity contribution is 0.0449. The number of hydrogen-bond acceptors (Lipinski definition) is 5. The molecule has 0 N–H and O–H groups in total. The smallest absolute Gasteiger partial charge is 0.341 e. The van der Waals surface area contributed by atoms with E-state index in [1.54, 1.807) is 54.5 Å². The quantitative estimate of drug-likeness (QED) is 0.499. The van der Waals surface area contributed by atoms with E-state index in [1.165, 1.54) is 0 Å². The third-order valence-electron chi connectivity index (χ3n) is 3.43. The molecular weight excluding hydrogens is 342 g/mol. The van der Waals surface area contributed by atoms with E-state index in [1.807, 2.05) is 12.1 Å². The van der Waals surface area contributed by atoms with Crippen molar-refractivity contribution in [1.82, 2.24) is 14.8 Å². The molecule has 1 aromatic carbocycles. The maximum Gasteiger partial charge on any atom is 0.341 e. The van der Waals surface area contributed by atoms with Gasteiger partial charge in [-0.25, -0.2) is 9.48 Å². The first kappa shape index (κ1) is 17.0. The van der Waals surface area contributed by atoms with Gasteiger partial charge in [-0.2, -0.15) is 5.10 Å².